The van der Waals surface area contributed by atoms with Gasteiger partial charge in [0.2, 0.25) is 0 Å². The van der Waals surface area contributed by atoms with Crippen LogP contribution in [-0.2, 0) is 0 Å². The first-order chi connectivity index (χ1) is 25.9. The molecule has 7 N–H and O–H groups in total. The molecule has 0 aliphatic heterocycles. The second-order valence-corrected chi connectivity index (χ2v) is 17.4. The fraction of sp³-hybridized carbons (Fsp3) is 0.289. The molecule has 5 rings (SSSR count). The first kappa shape index (κ1) is 49.7. The molecule has 0 aliphatic rings. The standard InChI is InChI=1S/C10H13NOS.C9H11NO2S.C7H7BrOS.2C6H7NO2S/c1-6(2)11-9-5-13-10(7(9)3)8(4)12;1-5(2)10-7-4-13-8(6(7)3)9(11)12;1-4-6(8)3-10-7(4)5(2)9;1-3(8)6-5(9)4(7)2-10-6;1-3-4(7)2-10-5(3)6(8)9/h5H,1-4H3;4H,1-3H3,(H,11,12);3H,1-2H3;2,9H,7H2,1H3;2H,7H2,1H3,(H,8,9). The maximum absolute atomic E-state index is 11.1. The van der Waals surface area contributed by atoms with Crippen molar-refractivity contribution in [2.75, 3.05) is 11.5 Å². The number of Topliss-reactive ketones (excluding diaryl/α,β-unsaturated/α-hetero) is 3. The van der Waals surface area contributed by atoms with Crippen LogP contribution in [0.3, 0.4) is 0 Å². The molecule has 0 amide bonds. The van der Waals surface area contributed by atoms with Crippen LogP contribution in [0.4, 0.5) is 22.7 Å². The Hall–Kier alpha value is -4.33. The lowest BCUT2D eigenvalue weighted by Crippen LogP contribution is -1.95. The van der Waals surface area contributed by atoms with E-state index in [4.69, 9.17) is 26.8 Å². The molecule has 12 nitrogen and oxygen atoms in total. The van der Waals surface area contributed by atoms with Crippen LogP contribution in [0.1, 0.15) is 119 Å². The van der Waals surface area contributed by atoms with Gasteiger partial charge in [-0.05, 0) is 102 Å². The van der Waals surface area contributed by atoms with Gasteiger partial charge < -0.3 is 26.8 Å². The lowest BCUT2D eigenvalue weighted by molar-refractivity contribution is 0.0690. The molecule has 0 saturated carbocycles. The molecule has 0 aliphatic carbocycles. The molecule has 56 heavy (non-hydrogen) atoms. The lowest BCUT2D eigenvalue weighted by atomic mass is 10.2. The zero-order valence-corrected chi connectivity index (χ0v) is 38.4. The van der Waals surface area contributed by atoms with Gasteiger partial charge in [-0.1, -0.05) is 0 Å². The van der Waals surface area contributed by atoms with Gasteiger partial charge in [-0.15, -0.1) is 56.7 Å². The Labute approximate surface area is 354 Å². The number of thiophene rings is 5. The van der Waals surface area contributed by atoms with E-state index in [0.29, 0.717) is 25.9 Å². The maximum Gasteiger partial charge on any atom is 0.346 e. The average Bonchev–Trinajstić information content (AvgIpc) is 3.90. The van der Waals surface area contributed by atoms with Gasteiger partial charge in [0.1, 0.15) is 14.6 Å². The van der Waals surface area contributed by atoms with Crippen LogP contribution >= 0.6 is 72.6 Å². The number of carbonyl (C=O) groups excluding carboxylic acids is 3. The zero-order chi connectivity index (χ0) is 43.2. The van der Waals surface area contributed by atoms with E-state index in [1.54, 1.807) is 43.8 Å². The normalized spacial score (nSPS) is 9.79. The summed E-state index contributed by atoms with van der Waals surface area (Å²) in [4.78, 5) is 65.0. The number of hydrogen-bond acceptors (Lipinski definition) is 15. The van der Waals surface area contributed by atoms with E-state index in [9.17, 15) is 24.0 Å². The van der Waals surface area contributed by atoms with Crippen LogP contribution in [0.25, 0.3) is 0 Å². The number of nitrogen functional groups attached to an aromatic ring is 2. The summed E-state index contributed by atoms with van der Waals surface area (Å²) in [6.07, 6.45) is 0. The predicted octanol–water partition coefficient (Wildman–Crippen LogP) is 11.8. The van der Waals surface area contributed by atoms with Gasteiger partial charge in [0.05, 0.1) is 26.8 Å². The van der Waals surface area contributed by atoms with Crippen molar-refractivity contribution in [3.8, 4) is 5.75 Å². The molecule has 5 aromatic rings. The highest BCUT2D eigenvalue weighted by Gasteiger charge is 2.14. The Morgan fingerprint density at radius 2 is 0.857 bits per heavy atom. The van der Waals surface area contributed by atoms with Gasteiger partial charge in [-0.3, -0.25) is 24.4 Å². The quantitative estimate of drug-likeness (QED) is 0.0767. The van der Waals surface area contributed by atoms with Crippen molar-refractivity contribution in [1.29, 1.82) is 0 Å². The van der Waals surface area contributed by atoms with Gasteiger partial charge in [0.15, 0.2) is 23.1 Å². The molecule has 0 atom stereocenters. The summed E-state index contributed by atoms with van der Waals surface area (Å²) in [7, 11) is 0. The molecule has 18 heteroatoms. The summed E-state index contributed by atoms with van der Waals surface area (Å²) in [5.41, 5.74) is 18.6. The van der Waals surface area contributed by atoms with Crippen molar-refractivity contribution in [1.82, 2.24) is 0 Å². The number of nitrogens with two attached hydrogens (primary N) is 2. The molecule has 0 bridgehead atoms. The van der Waals surface area contributed by atoms with Gasteiger partial charge in [-0.2, -0.15) is 0 Å². The van der Waals surface area contributed by atoms with Crippen molar-refractivity contribution >= 4 is 136 Å². The number of carboxylic acid groups (broad SMARTS) is 2. The van der Waals surface area contributed by atoms with E-state index in [2.05, 4.69) is 25.9 Å². The lowest BCUT2D eigenvalue weighted by Gasteiger charge is -1.94. The smallest absolute Gasteiger partial charge is 0.346 e. The monoisotopic (exact) mass is 924 g/mol. The molecular weight excluding hydrogens is 881 g/mol. The summed E-state index contributed by atoms with van der Waals surface area (Å²) in [6.45, 7) is 19.6. The molecule has 302 valence electrons. The average molecular weight is 926 g/mol. The van der Waals surface area contributed by atoms with Crippen LogP contribution < -0.4 is 11.5 Å². The van der Waals surface area contributed by atoms with Gasteiger partial charge in [-0.25, -0.2) is 9.59 Å². The maximum atomic E-state index is 11.1. The number of halogens is 1. The topological polar surface area (TPSA) is 223 Å². The Kier molecular flexibility index (Phi) is 20.4. The molecule has 0 spiro atoms. The van der Waals surface area contributed by atoms with Gasteiger partial charge in [0, 0.05) is 61.0 Å². The third-order valence-corrected chi connectivity index (χ3v) is 13.6. The third kappa shape index (κ3) is 15.0. The van der Waals surface area contributed by atoms with Crippen LogP contribution in [-0.4, -0.2) is 56.0 Å². The molecular formula is C38H45BrN4O8S5. The summed E-state index contributed by atoms with van der Waals surface area (Å²) in [5, 5.41) is 35.2. The van der Waals surface area contributed by atoms with Gasteiger partial charge in [0.25, 0.3) is 0 Å². The van der Waals surface area contributed by atoms with Crippen molar-refractivity contribution in [2.24, 2.45) is 9.98 Å². The van der Waals surface area contributed by atoms with Crippen molar-refractivity contribution in [2.45, 2.75) is 76.2 Å². The van der Waals surface area contributed by atoms with E-state index in [1.807, 2.05) is 52.3 Å². The fourth-order valence-corrected chi connectivity index (χ4v) is 8.85. The van der Waals surface area contributed by atoms with Crippen LogP contribution in [0.2, 0.25) is 0 Å². The first-order valence-electron chi connectivity index (χ1n) is 16.2. The molecule has 0 unspecified atom stereocenters. The van der Waals surface area contributed by atoms with E-state index in [0.717, 1.165) is 76.4 Å². The van der Waals surface area contributed by atoms with E-state index in [-0.39, 0.29) is 28.8 Å². The molecule has 0 radical (unpaired) electrons. The number of aromatic carboxylic acids is 2. The number of ketones is 3. The highest BCUT2D eigenvalue weighted by molar-refractivity contribution is 9.10. The number of hydrogen-bond donors (Lipinski definition) is 5. The van der Waals surface area contributed by atoms with Crippen molar-refractivity contribution in [3.05, 3.63) is 78.0 Å². The number of aromatic hydroxyl groups is 1. The largest absolute Gasteiger partial charge is 0.504 e. The number of rotatable bonds is 7. The second kappa shape index (κ2) is 23.0. The Morgan fingerprint density at radius 1 is 0.518 bits per heavy atom. The first-order valence-corrected chi connectivity index (χ1v) is 21.4. The Bertz CT molecular complexity index is 2040. The minimum absolute atomic E-state index is 0.0856. The molecule has 0 fully saturated rings. The minimum Gasteiger partial charge on any atom is -0.504 e. The van der Waals surface area contributed by atoms with Crippen LogP contribution in [0.15, 0.2) is 41.4 Å². The number of anilines is 2. The second-order valence-electron chi connectivity index (χ2n) is 12.1. The van der Waals surface area contributed by atoms with Crippen molar-refractivity contribution in [3.63, 3.8) is 0 Å². The summed E-state index contributed by atoms with van der Waals surface area (Å²) >= 11 is 9.84. The van der Waals surface area contributed by atoms with E-state index < -0.39 is 11.9 Å². The molecule has 5 heterocycles. The van der Waals surface area contributed by atoms with Crippen molar-refractivity contribution < 1.29 is 39.3 Å². The number of carboxylic acids is 2. The van der Waals surface area contributed by atoms with Crippen LogP contribution in [0, 0.1) is 27.7 Å². The van der Waals surface area contributed by atoms with Gasteiger partial charge >= 0.3 is 11.9 Å². The Morgan fingerprint density at radius 3 is 1.09 bits per heavy atom. The third-order valence-electron chi connectivity index (χ3n) is 6.91. The SMILES string of the molecule is CC(=O)c1scc(Br)c1C.CC(=O)c1scc(N)c1O.CC(=O)c1scc(N=C(C)C)c1C.CC(C)=Nc1csc(C(=O)O)c1C.Cc1c(N)csc1C(=O)O. The number of aliphatic imine (C=N–C) groups is 2. The zero-order valence-electron chi connectivity index (χ0n) is 32.7. The summed E-state index contributed by atoms with van der Waals surface area (Å²) < 4.78 is 1.03. The Balaban J connectivity index is 0.000000352. The predicted molar refractivity (Wildman–Crippen MR) is 240 cm³/mol. The molecule has 0 aromatic carbocycles. The molecule has 5 aromatic heterocycles. The van der Waals surface area contributed by atoms with E-state index >= 15 is 0 Å². The number of carbonyl (C=O) groups is 5. The molecule has 0 saturated heterocycles. The highest BCUT2D eigenvalue weighted by Crippen LogP contribution is 2.32. The van der Waals surface area contributed by atoms with E-state index in [1.165, 1.54) is 40.9 Å². The highest BCUT2D eigenvalue weighted by atomic mass is 79.9. The summed E-state index contributed by atoms with van der Waals surface area (Å²) in [5.74, 6) is -1.75. The number of nitrogens with zero attached hydrogens (tertiary/aromatic N) is 2. The fourth-order valence-electron chi connectivity index (χ4n) is 4.07. The minimum atomic E-state index is -0.904. The summed E-state index contributed by atoms with van der Waals surface area (Å²) in [6, 6.07) is 0. The van der Waals surface area contributed by atoms with Crippen LogP contribution in [0.5, 0.6) is 5.75 Å².